The minimum atomic E-state index is -0.425. The monoisotopic (exact) mass is 256 g/mol. The van der Waals surface area contributed by atoms with Crippen LogP contribution in [0.15, 0.2) is 30.5 Å². The first kappa shape index (κ1) is 11.5. The van der Waals surface area contributed by atoms with Gasteiger partial charge in [0.05, 0.1) is 5.52 Å². The second-order valence-electron chi connectivity index (χ2n) is 4.36. The third-order valence-electron chi connectivity index (χ3n) is 3.10. The van der Waals surface area contributed by atoms with Gasteiger partial charge in [0.15, 0.2) is 0 Å². The zero-order valence-corrected chi connectivity index (χ0v) is 10.1. The summed E-state index contributed by atoms with van der Waals surface area (Å²) >= 11 is 0. The summed E-state index contributed by atoms with van der Waals surface area (Å²) in [5.74, 6) is -0.256. The lowest BCUT2D eigenvalue weighted by molar-refractivity contribution is -0.120. The van der Waals surface area contributed by atoms with Gasteiger partial charge < -0.3 is 5.73 Å². The molecule has 1 aromatic heterocycles. The first-order valence-corrected chi connectivity index (χ1v) is 5.91. The highest BCUT2D eigenvalue weighted by Crippen LogP contribution is 2.27. The van der Waals surface area contributed by atoms with E-state index in [1.807, 2.05) is 12.1 Å². The number of urea groups is 1. The van der Waals surface area contributed by atoms with Crippen LogP contribution in [0.1, 0.15) is 6.42 Å². The standard InChI is InChI=1S/C13H12N4O2/c14-10-6-8(7-11-9(10)2-1-4-15-11)17-5-3-12(18)16-13(17)19/h1-2,4,6-7H,3,5,14H2,(H,16,18,19). The van der Waals surface area contributed by atoms with E-state index in [-0.39, 0.29) is 12.3 Å². The van der Waals surface area contributed by atoms with Crippen LogP contribution in [0, 0.1) is 0 Å². The van der Waals surface area contributed by atoms with Gasteiger partial charge >= 0.3 is 6.03 Å². The number of carbonyl (C=O) groups excluding carboxylic acids is 2. The number of nitrogens with two attached hydrogens (primary N) is 1. The molecule has 6 nitrogen and oxygen atoms in total. The highest BCUT2D eigenvalue weighted by molar-refractivity contribution is 6.07. The summed E-state index contributed by atoms with van der Waals surface area (Å²) in [5, 5.41) is 3.13. The van der Waals surface area contributed by atoms with Gasteiger partial charge in [-0.05, 0) is 24.3 Å². The lowest BCUT2D eigenvalue weighted by Crippen LogP contribution is -2.49. The maximum Gasteiger partial charge on any atom is 0.328 e. The summed E-state index contributed by atoms with van der Waals surface area (Å²) in [6, 6.07) is 6.78. The molecule has 0 radical (unpaired) electrons. The zero-order chi connectivity index (χ0) is 13.4. The number of hydrogen-bond acceptors (Lipinski definition) is 4. The van der Waals surface area contributed by atoms with Crippen molar-refractivity contribution in [1.29, 1.82) is 0 Å². The fraction of sp³-hybridized carbons (Fsp3) is 0.154. The molecule has 1 aliphatic heterocycles. The van der Waals surface area contributed by atoms with Crippen LogP contribution in [0.2, 0.25) is 0 Å². The van der Waals surface area contributed by atoms with Gasteiger partial charge in [-0.15, -0.1) is 0 Å². The number of imide groups is 1. The highest BCUT2D eigenvalue weighted by Gasteiger charge is 2.24. The Morgan fingerprint density at radius 1 is 1.32 bits per heavy atom. The molecular weight excluding hydrogens is 244 g/mol. The molecular formula is C13H12N4O2. The summed E-state index contributed by atoms with van der Waals surface area (Å²) in [5.41, 5.74) is 7.90. The average Bonchev–Trinajstić information content (AvgIpc) is 2.38. The number of amides is 3. The third-order valence-corrected chi connectivity index (χ3v) is 3.10. The minimum Gasteiger partial charge on any atom is -0.398 e. The molecule has 2 heterocycles. The Morgan fingerprint density at radius 2 is 2.16 bits per heavy atom. The van der Waals surface area contributed by atoms with Gasteiger partial charge in [-0.3, -0.25) is 20.0 Å². The second-order valence-corrected chi connectivity index (χ2v) is 4.36. The number of rotatable bonds is 1. The molecule has 1 aromatic carbocycles. The normalized spacial score (nSPS) is 15.7. The minimum absolute atomic E-state index is 0.256. The number of pyridine rings is 1. The Labute approximate surface area is 109 Å². The second kappa shape index (κ2) is 4.24. The van der Waals surface area contributed by atoms with Crippen LogP contribution in [-0.2, 0) is 4.79 Å². The van der Waals surface area contributed by atoms with Gasteiger partial charge in [-0.25, -0.2) is 4.79 Å². The molecule has 0 saturated carbocycles. The van der Waals surface area contributed by atoms with Crippen molar-refractivity contribution >= 4 is 34.2 Å². The lowest BCUT2D eigenvalue weighted by Gasteiger charge is -2.27. The molecule has 96 valence electrons. The van der Waals surface area contributed by atoms with Crippen molar-refractivity contribution in [2.45, 2.75) is 6.42 Å². The number of nitrogen functional groups attached to an aromatic ring is 1. The molecule has 6 heteroatoms. The van der Waals surface area contributed by atoms with E-state index < -0.39 is 6.03 Å². The van der Waals surface area contributed by atoms with Crippen LogP contribution in [0.5, 0.6) is 0 Å². The number of fused-ring (bicyclic) bond motifs is 1. The smallest absolute Gasteiger partial charge is 0.328 e. The molecule has 0 aliphatic carbocycles. The summed E-state index contributed by atoms with van der Waals surface area (Å²) in [7, 11) is 0. The predicted molar refractivity (Wildman–Crippen MR) is 71.7 cm³/mol. The number of nitrogens with zero attached hydrogens (tertiary/aromatic N) is 2. The highest BCUT2D eigenvalue weighted by atomic mass is 16.2. The van der Waals surface area contributed by atoms with Gasteiger partial charge in [0, 0.05) is 35.9 Å². The molecule has 3 N–H and O–H groups in total. The van der Waals surface area contributed by atoms with Crippen LogP contribution in [0.4, 0.5) is 16.2 Å². The molecule has 1 saturated heterocycles. The van der Waals surface area contributed by atoms with Gasteiger partial charge in [0.25, 0.3) is 0 Å². The van der Waals surface area contributed by atoms with E-state index in [2.05, 4.69) is 10.3 Å². The average molecular weight is 256 g/mol. The van der Waals surface area contributed by atoms with Crippen molar-refractivity contribution in [2.75, 3.05) is 17.2 Å². The Kier molecular flexibility index (Phi) is 2.56. The number of anilines is 2. The van der Waals surface area contributed by atoms with E-state index in [1.54, 1.807) is 18.3 Å². The Morgan fingerprint density at radius 3 is 2.95 bits per heavy atom. The van der Waals surface area contributed by atoms with E-state index >= 15 is 0 Å². The molecule has 0 bridgehead atoms. The van der Waals surface area contributed by atoms with Crippen LogP contribution < -0.4 is 16.0 Å². The summed E-state index contributed by atoms with van der Waals surface area (Å²) in [6.07, 6.45) is 1.96. The third kappa shape index (κ3) is 1.97. The number of hydrogen-bond donors (Lipinski definition) is 2. The largest absolute Gasteiger partial charge is 0.398 e. The number of aromatic nitrogens is 1. The first-order valence-electron chi connectivity index (χ1n) is 5.91. The topological polar surface area (TPSA) is 88.3 Å². The van der Waals surface area contributed by atoms with Crippen LogP contribution in [-0.4, -0.2) is 23.5 Å². The van der Waals surface area contributed by atoms with Gasteiger partial charge in [-0.2, -0.15) is 0 Å². The molecule has 1 aliphatic rings. The van der Waals surface area contributed by atoms with Crippen LogP contribution >= 0.6 is 0 Å². The van der Waals surface area contributed by atoms with Crippen LogP contribution in [0.3, 0.4) is 0 Å². The molecule has 3 rings (SSSR count). The van der Waals surface area contributed by atoms with E-state index in [9.17, 15) is 9.59 Å². The lowest BCUT2D eigenvalue weighted by atomic mass is 10.1. The van der Waals surface area contributed by atoms with Crippen LogP contribution in [0.25, 0.3) is 10.9 Å². The number of benzene rings is 1. The van der Waals surface area contributed by atoms with Crippen molar-refractivity contribution in [2.24, 2.45) is 0 Å². The summed E-state index contributed by atoms with van der Waals surface area (Å²) < 4.78 is 0. The fourth-order valence-electron chi connectivity index (χ4n) is 2.16. The van der Waals surface area contributed by atoms with E-state index in [0.29, 0.717) is 17.9 Å². The van der Waals surface area contributed by atoms with Crippen molar-refractivity contribution < 1.29 is 9.59 Å². The molecule has 0 spiro atoms. The van der Waals surface area contributed by atoms with E-state index in [4.69, 9.17) is 5.73 Å². The maximum absolute atomic E-state index is 11.8. The molecule has 1 fully saturated rings. The fourth-order valence-corrected chi connectivity index (χ4v) is 2.16. The van der Waals surface area contributed by atoms with Crippen molar-refractivity contribution in [3.8, 4) is 0 Å². The van der Waals surface area contributed by atoms with E-state index in [1.165, 1.54) is 4.90 Å². The van der Waals surface area contributed by atoms with Crippen molar-refractivity contribution in [1.82, 2.24) is 10.3 Å². The molecule has 2 aromatic rings. The molecule has 3 amide bonds. The maximum atomic E-state index is 11.8. The first-order chi connectivity index (χ1) is 9.15. The van der Waals surface area contributed by atoms with Gasteiger partial charge in [0.1, 0.15) is 0 Å². The predicted octanol–water partition coefficient (Wildman–Crippen LogP) is 1.26. The molecule has 0 atom stereocenters. The summed E-state index contributed by atoms with van der Waals surface area (Å²) in [4.78, 5) is 28.6. The quantitative estimate of drug-likeness (QED) is 0.752. The van der Waals surface area contributed by atoms with Crippen molar-refractivity contribution in [3.05, 3.63) is 30.5 Å². The molecule has 19 heavy (non-hydrogen) atoms. The number of nitrogens with one attached hydrogen (secondary N) is 1. The SMILES string of the molecule is Nc1cc(N2CCC(=O)NC2=O)cc2ncccc12. The zero-order valence-electron chi connectivity index (χ0n) is 10.1. The summed E-state index contributed by atoms with van der Waals surface area (Å²) in [6.45, 7) is 0.350. The van der Waals surface area contributed by atoms with Gasteiger partial charge in [-0.1, -0.05) is 0 Å². The van der Waals surface area contributed by atoms with Gasteiger partial charge in [0.2, 0.25) is 5.91 Å². The molecule has 0 unspecified atom stereocenters. The Bertz CT molecular complexity index is 683. The number of carbonyl (C=O) groups is 2. The van der Waals surface area contributed by atoms with E-state index in [0.717, 1.165) is 10.9 Å². The Balaban J connectivity index is 2.06. The van der Waals surface area contributed by atoms with Crippen molar-refractivity contribution in [3.63, 3.8) is 0 Å². The Hall–Kier alpha value is -2.63.